The minimum atomic E-state index is -0.227. The van der Waals surface area contributed by atoms with Crippen LogP contribution in [0.2, 0.25) is 0 Å². The summed E-state index contributed by atoms with van der Waals surface area (Å²) < 4.78 is 19.1. The first-order valence-electron chi connectivity index (χ1n) is 7.50. The van der Waals surface area contributed by atoms with Crippen LogP contribution in [-0.4, -0.2) is 26.7 Å². The Balaban J connectivity index is 1.88. The largest absolute Gasteiger partial charge is 0.375 e. The van der Waals surface area contributed by atoms with Gasteiger partial charge < -0.3 is 15.4 Å². The van der Waals surface area contributed by atoms with E-state index in [0.29, 0.717) is 24.6 Å². The van der Waals surface area contributed by atoms with Gasteiger partial charge >= 0.3 is 0 Å². The van der Waals surface area contributed by atoms with Crippen molar-refractivity contribution in [2.24, 2.45) is 4.99 Å². The zero-order valence-corrected chi connectivity index (χ0v) is 13.4. The van der Waals surface area contributed by atoms with Crippen LogP contribution < -0.4 is 10.6 Å². The van der Waals surface area contributed by atoms with Crippen LogP contribution in [0.4, 0.5) is 4.39 Å². The highest BCUT2D eigenvalue weighted by atomic mass is 19.1. The van der Waals surface area contributed by atoms with Gasteiger partial charge in [-0.15, -0.1) is 0 Å². The molecule has 0 aliphatic carbocycles. The van der Waals surface area contributed by atoms with Crippen LogP contribution in [0.25, 0.3) is 0 Å². The van der Waals surface area contributed by atoms with Crippen LogP contribution in [-0.2, 0) is 11.3 Å². The predicted octanol–water partition coefficient (Wildman–Crippen LogP) is 2.88. The molecule has 4 nitrogen and oxygen atoms in total. The Morgan fingerprint density at radius 1 is 1.09 bits per heavy atom. The summed E-state index contributed by atoms with van der Waals surface area (Å²) in [5.74, 6) is 0.376. The molecule has 2 aromatic carbocycles. The van der Waals surface area contributed by atoms with Crippen LogP contribution in [0.15, 0.2) is 59.6 Å². The number of methoxy groups -OCH3 is 1. The van der Waals surface area contributed by atoms with Crippen molar-refractivity contribution in [3.05, 3.63) is 71.5 Å². The Morgan fingerprint density at radius 2 is 1.78 bits per heavy atom. The van der Waals surface area contributed by atoms with Crippen molar-refractivity contribution >= 4 is 5.96 Å². The summed E-state index contributed by atoms with van der Waals surface area (Å²) in [6.45, 7) is 0.937. The van der Waals surface area contributed by atoms with E-state index in [9.17, 15) is 4.39 Å². The maximum absolute atomic E-state index is 13.6. The molecule has 0 fully saturated rings. The number of aliphatic imine (C=N–C) groups is 1. The van der Waals surface area contributed by atoms with Crippen LogP contribution >= 0.6 is 0 Å². The minimum absolute atomic E-state index is 0.0804. The van der Waals surface area contributed by atoms with Crippen molar-refractivity contribution in [3.8, 4) is 0 Å². The lowest BCUT2D eigenvalue weighted by Crippen LogP contribution is -2.39. The summed E-state index contributed by atoms with van der Waals surface area (Å²) in [4.78, 5) is 4.15. The molecule has 5 heteroatoms. The van der Waals surface area contributed by atoms with Gasteiger partial charge in [-0.05, 0) is 11.6 Å². The molecule has 0 amide bonds. The van der Waals surface area contributed by atoms with E-state index in [-0.39, 0.29) is 11.9 Å². The first-order chi connectivity index (χ1) is 11.2. The summed E-state index contributed by atoms with van der Waals surface area (Å²) in [7, 11) is 3.36. The van der Waals surface area contributed by atoms with E-state index >= 15 is 0 Å². The minimum Gasteiger partial charge on any atom is -0.375 e. The van der Waals surface area contributed by atoms with Gasteiger partial charge in [-0.25, -0.2) is 4.39 Å². The Morgan fingerprint density at radius 3 is 2.43 bits per heavy atom. The van der Waals surface area contributed by atoms with Gasteiger partial charge in [0.15, 0.2) is 5.96 Å². The molecule has 2 N–H and O–H groups in total. The van der Waals surface area contributed by atoms with E-state index in [0.717, 1.165) is 5.56 Å². The number of rotatable bonds is 6. The molecule has 0 heterocycles. The lowest BCUT2D eigenvalue weighted by atomic mass is 10.1. The quantitative estimate of drug-likeness (QED) is 0.636. The topological polar surface area (TPSA) is 45.7 Å². The van der Waals surface area contributed by atoms with Crippen molar-refractivity contribution in [2.75, 3.05) is 20.7 Å². The van der Waals surface area contributed by atoms with Gasteiger partial charge in [0.1, 0.15) is 5.82 Å². The molecule has 122 valence electrons. The van der Waals surface area contributed by atoms with Crippen molar-refractivity contribution in [1.29, 1.82) is 0 Å². The van der Waals surface area contributed by atoms with Gasteiger partial charge in [0.25, 0.3) is 0 Å². The molecular weight excluding hydrogens is 293 g/mol. The van der Waals surface area contributed by atoms with E-state index in [4.69, 9.17) is 4.74 Å². The molecule has 0 aliphatic rings. The lowest BCUT2D eigenvalue weighted by Gasteiger charge is -2.18. The van der Waals surface area contributed by atoms with Crippen molar-refractivity contribution < 1.29 is 9.13 Å². The Labute approximate surface area is 136 Å². The van der Waals surface area contributed by atoms with Gasteiger partial charge in [-0.3, -0.25) is 4.99 Å². The first kappa shape index (κ1) is 17.0. The summed E-state index contributed by atoms with van der Waals surface area (Å²) in [6, 6.07) is 16.7. The van der Waals surface area contributed by atoms with Crippen molar-refractivity contribution in [1.82, 2.24) is 10.6 Å². The third-order valence-electron chi connectivity index (χ3n) is 3.54. The highest BCUT2D eigenvalue weighted by Crippen LogP contribution is 2.14. The number of hydrogen-bond donors (Lipinski definition) is 2. The van der Waals surface area contributed by atoms with E-state index in [2.05, 4.69) is 15.6 Å². The average molecular weight is 315 g/mol. The van der Waals surface area contributed by atoms with Crippen molar-refractivity contribution in [2.45, 2.75) is 12.6 Å². The van der Waals surface area contributed by atoms with E-state index < -0.39 is 0 Å². The summed E-state index contributed by atoms with van der Waals surface area (Å²) in [5, 5.41) is 6.30. The third kappa shape index (κ3) is 5.07. The van der Waals surface area contributed by atoms with Crippen LogP contribution in [0.5, 0.6) is 0 Å². The highest BCUT2D eigenvalue weighted by Gasteiger charge is 2.11. The number of nitrogens with one attached hydrogen (secondary N) is 2. The number of hydrogen-bond acceptors (Lipinski definition) is 2. The number of benzene rings is 2. The molecule has 1 atom stereocenters. The first-order valence-corrected chi connectivity index (χ1v) is 7.50. The number of nitrogens with zero attached hydrogens (tertiary/aromatic N) is 1. The monoisotopic (exact) mass is 315 g/mol. The van der Waals surface area contributed by atoms with Gasteiger partial charge in [-0.1, -0.05) is 48.5 Å². The molecule has 0 bridgehead atoms. The molecule has 0 aromatic heterocycles. The van der Waals surface area contributed by atoms with E-state index in [1.807, 2.05) is 36.4 Å². The van der Waals surface area contributed by atoms with Crippen LogP contribution in [0.1, 0.15) is 17.2 Å². The summed E-state index contributed by atoms with van der Waals surface area (Å²) >= 11 is 0. The molecule has 0 spiro atoms. The van der Waals surface area contributed by atoms with E-state index in [1.54, 1.807) is 26.3 Å². The standard InChI is InChI=1S/C18H22FN3O/c1-20-18(21-12-15-10-6-7-11-16(15)19)22-13-17(23-2)14-8-4-3-5-9-14/h3-11,17H,12-13H2,1-2H3,(H2,20,21,22). The average Bonchev–Trinajstić information content (AvgIpc) is 2.60. The fourth-order valence-corrected chi connectivity index (χ4v) is 2.24. The molecular formula is C18H22FN3O. The fourth-order valence-electron chi connectivity index (χ4n) is 2.24. The SMILES string of the molecule is CN=C(NCc1ccccc1F)NCC(OC)c1ccccc1. The summed E-state index contributed by atoms with van der Waals surface area (Å²) in [5.41, 5.74) is 1.69. The Bertz CT molecular complexity index is 631. The van der Waals surface area contributed by atoms with Gasteiger partial charge in [0.2, 0.25) is 0 Å². The zero-order chi connectivity index (χ0) is 16.5. The second kappa shape index (κ2) is 8.90. The van der Waals surface area contributed by atoms with Crippen LogP contribution in [0.3, 0.4) is 0 Å². The van der Waals surface area contributed by atoms with Crippen LogP contribution in [0, 0.1) is 5.82 Å². The van der Waals surface area contributed by atoms with Gasteiger partial charge in [0.05, 0.1) is 6.10 Å². The maximum Gasteiger partial charge on any atom is 0.191 e. The normalized spacial score (nSPS) is 12.7. The number of guanidine groups is 1. The number of ether oxygens (including phenoxy) is 1. The molecule has 2 rings (SSSR count). The molecule has 2 aromatic rings. The maximum atomic E-state index is 13.6. The van der Waals surface area contributed by atoms with E-state index in [1.165, 1.54) is 6.07 Å². The smallest absolute Gasteiger partial charge is 0.191 e. The lowest BCUT2D eigenvalue weighted by molar-refractivity contribution is 0.106. The second-order valence-electron chi connectivity index (χ2n) is 5.03. The molecule has 1 unspecified atom stereocenters. The third-order valence-corrected chi connectivity index (χ3v) is 3.54. The van der Waals surface area contributed by atoms with Gasteiger partial charge in [0, 0.05) is 32.8 Å². The van der Waals surface area contributed by atoms with Gasteiger partial charge in [-0.2, -0.15) is 0 Å². The highest BCUT2D eigenvalue weighted by molar-refractivity contribution is 5.79. The Hall–Kier alpha value is -2.40. The Kier molecular flexibility index (Phi) is 6.56. The predicted molar refractivity (Wildman–Crippen MR) is 90.8 cm³/mol. The van der Waals surface area contributed by atoms with Crippen molar-refractivity contribution in [3.63, 3.8) is 0 Å². The molecule has 23 heavy (non-hydrogen) atoms. The fraction of sp³-hybridized carbons (Fsp3) is 0.278. The zero-order valence-electron chi connectivity index (χ0n) is 13.4. The molecule has 0 radical (unpaired) electrons. The molecule has 0 saturated heterocycles. The summed E-state index contributed by atoms with van der Waals surface area (Å²) in [6.07, 6.45) is -0.0804. The second-order valence-corrected chi connectivity index (χ2v) is 5.03. The number of halogens is 1. The molecule has 0 aliphatic heterocycles. The molecule has 0 saturated carbocycles.